The van der Waals surface area contributed by atoms with E-state index in [0.29, 0.717) is 72.6 Å². The number of piperidine rings is 2. The van der Waals surface area contributed by atoms with Gasteiger partial charge in [-0.25, -0.2) is 8.78 Å². The molecule has 2 heterocycles. The topological polar surface area (TPSA) is 105 Å². The van der Waals surface area contributed by atoms with Gasteiger partial charge in [-0.1, -0.05) is 48.5 Å². The summed E-state index contributed by atoms with van der Waals surface area (Å²) in [5, 5.41) is 20.9. The molecule has 2 aliphatic heterocycles. The molecule has 4 aromatic carbocycles. The number of phenols is 2. The van der Waals surface area contributed by atoms with Crippen molar-refractivity contribution in [3.05, 3.63) is 130 Å². The van der Waals surface area contributed by atoms with E-state index in [2.05, 4.69) is 19.6 Å². The molecule has 0 saturated carbocycles. The van der Waals surface area contributed by atoms with E-state index in [9.17, 15) is 19.8 Å². The van der Waals surface area contributed by atoms with Crippen LogP contribution in [0.5, 0.6) is 11.5 Å². The molecule has 6 unspecified atom stereocenters. The van der Waals surface area contributed by atoms with Crippen molar-refractivity contribution in [3.8, 4) is 11.5 Å². The highest BCUT2D eigenvalue weighted by atomic mass is 19.1. The van der Waals surface area contributed by atoms with Crippen LogP contribution in [0.2, 0.25) is 0 Å². The second-order valence-corrected chi connectivity index (χ2v) is 17.5. The molecule has 0 spiro atoms. The van der Waals surface area contributed by atoms with E-state index in [0.717, 1.165) is 25.9 Å². The zero-order chi connectivity index (χ0) is 43.2. The lowest BCUT2D eigenvalue weighted by molar-refractivity contribution is -0.133. The van der Waals surface area contributed by atoms with E-state index < -0.39 is 47.1 Å². The van der Waals surface area contributed by atoms with E-state index >= 15 is 13.6 Å². The smallest absolute Gasteiger partial charge is 0.167 e. The van der Waals surface area contributed by atoms with Gasteiger partial charge < -0.3 is 29.8 Å². The van der Waals surface area contributed by atoms with Crippen LogP contribution in [0.15, 0.2) is 84.9 Å². The molecule has 0 radical (unpaired) electrons. The van der Waals surface area contributed by atoms with Crippen LogP contribution in [-0.4, -0.2) is 128 Å². The summed E-state index contributed by atoms with van der Waals surface area (Å²) in [6.07, 6.45) is 1.55. The van der Waals surface area contributed by atoms with Crippen molar-refractivity contribution >= 4 is 17.3 Å². The molecule has 4 aromatic rings. The van der Waals surface area contributed by atoms with Crippen molar-refractivity contribution in [2.24, 2.45) is 23.7 Å². The Bertz CT molecular complexity index is 2010. The Kier molecular flexibility index (Phi) is 14.7. The third kappa shape index (κ3) is 10.2. The van der Waals surface area contributed by atoms with E-state index in [1.807, 2.05) is 40.3 Å². The first-order chi connectivity index (χ1) is 28.6. The maximum atomic E-state index is 16.1. The van der Waals surface area contributed by atoms with Gasteiger partial charge in [0, 0.05) is 72.8 Å². The number of aromatic hydroxyl groups is 2. The maximum Gasteiger partial charge on any atom is 0.167 e. The van der Waals surface area contributed by atoms with Crippen LogP contribution in [0.4, 0.5) is 8.78 Å². The molecule has 11 heteroatoms. The Morgan fingerprint density at radius 1 is 0.583 bits per heavy atom. The first kappa shape index (κ1) is 44.7. The lowest BCUT2D eigenvalue weighted by Gasteiger charge is -2.48. The predicted molar refractivity (Wildman–Crippen MR) is 231 cm³/mol. The number of rotatable bonds is 16. The van der Waals surface area contributed by atoms with Gasteiger partial charge in [0.1, 0.15) is 28.9 Å². The van der Waals surface area contributed by atoms with Crippen LogP contribution >= 0.6 is 0 Å². The highest BCUT2D eigenvalue weighted by molar-refractivity contribution is 6.01. The van der Waals surface area contributed by atoms with Crippen LogP contribution in [0.25, 0.3) is 0 Å². The third-order valence-corrected chi connectivity index (χ3v) is 12.7. The van der Waals surface area contributed by atoms with Crippen molar-refractivity contribution in [2.75, 3.05) is 80.5 Å². The standard InChI is InChI=1S/C49H60F2N4O5/c1-31-37(17-9-19-43(31)50)45-39(47(58)33-13-7-15-35(56)25-33)27-54(23-11-21-52(3)4)29-41(45)49(60)42-30-55(24-12-22-53(5)6)28-40(48(59)34-14-8-16-36(57)26-34)46(42)38-18-10-20-44(51)32(38)2/h7-10,13-20,25-26,39-42,45-46,56-57H,11-12,21-24,27-30H2,1-6H3. The van der Waals surface area contributed by atoms with Gasteiger partial charge in [-0.3, -0.25) is 14.4 Å². The number of nitrogens with zero attached hydrogens (tertiary/aromatic N) is 4. The third-order valence-electron chi connectivity index (χ3n) is 12.7. The van der Waals surface area contributed by atoms with Crippen LogP contribution in [0.3, 0.4) is 0 Å². The first-order valence-corrected chi connectivity index (χ1v) is 21.1. The molecular weight excluding hydrogens is 763 g/mol. The number of hydrogen-bond donors (Lipinski definition) is 2. The molecular formula is C49H60F2N4O5. The molecule has 6 rings (SSSR count). The van der Waals surface area contributed by atoms with Crippen molar-refractivity contribution in [2.45, 2.75) is 38.5 Å². The normalized spacial score (nSPS) is 22.6. The zero-order valence-electron chi connectivity index (χ0n) is 35.8. The number of benzene rings is 4. The first-order valence-electron chi connectivity index (χ1n) is 21.1. The van der Waals surface area contributed by atoms with Crippen molar-refractivity contribution in [1.29, 1.82) is 0 Å². The van der Waals surface area contributed by atoms with Crippen LogP contribution in [0.1, 0.15) is 67.6 Å². The Labute approximate surface area is 353 Å². The number of Topliss-reactive ketones (excluding diaryl/α,β-unsaturated/α-hetero) is 3. The average molecular weight is 823 g/mol. The number of likely N-dealkylation sites (tertiary alicyclic amines) is 2. The molecule has 0 aliphatic carbocycles. The summed E-state index contributed by atoms with van der Waals surface area (Å²) in [6.45, 7) is 7.39. The summed E-state index contributed by atoms with van der Waals surface area (Å²) in [5.74, 6) is -6.34. The van der Waals surface area contributed by atoms with Crippen LogP contribution < -0.4 is 0 Å². The molecule has 6 atom stereocenters. The van der Waals surface area contributed by atoms with Gasteiger partial charge in [-0.05, 0) is 140 Å². The largest absolute Gasteiger partial charge is 0.508 e. The highest BCUT2D eigenvalue weighted by Gasteiger charge is 2.51. The van der Waals surface area contributed by atoms with Crippen LogP contribution in [-0.2, 0) is 4.79 Å². The minimum atomic E-state index is -0.815. The average Bonchev–Trinajstić information content (AvgIpc) is 3.21. The quantitative estimate of drug-likeness (QED) is 0.114. The molecule has 2 N–H and O–H groups in total. The zero-order valence-corrected chi connectivity index (χ0v) is 35.8. The van der Waals surface area contributed by atoms with Gasteiger partial charge in [0.05, 0.1) is 0 Å². The Hall–Kier alpha value is -4.81. The molecule has 320 valence electrons. The van der Waals surface area contributed by atoms with E-state index in [4.69, 9.17) is 0 Å². The molecule has 60 heavy (non-hydrogen) atoms. The summed E-state index contributed by atoms with van der Waals surface area (Å²) in [5.41, 5.74) is 2.47. The second kappa shape index (κ2) is 19.7. The molecule has 2 saturated heterocycles. The van der Waals surface area contributed by atoms with E-state index in [-0.39, 0.29) is 28.8 Å². The van der Waals surface area contributed by atoms with Crippen LogP contribution in [0, 0.1) is 49.2 Å². The molecule has 0 amide bonds. The van der Waals surface area contributed by atoms with Gasteiger partial charge in [-0.2, -0.15) is 0 Å². The SMILES string of the molecule is Cc1c(F)cccc1C1C(C(=O)c2cccc(O)c2)CN(CCCN(C)C)CC1C(=O)C1CN(CCCN(C)C)CC(C(=O)c2cccc(O)c2)C1c1cccc(F)c1C. The summed E-state index contributed by atoms with van der Waals surface area (Å²) in [6, 6.07) is 22.1. The Balaban J connectivity index is 1.54. The van der Waals surface area contributed by atoms with Crippen molar-refractivity contribution in [1.82, 2.24) is 19.6 Å². The molecule has 2 fully saturated rings. The summed E-state index contributed by atoms with van der Waals surface area (Å²) < 4.78 is 31.3. The Morgan fingerprint density at radius 3 is 1.32 bits per heavy atom. The number of phenolic OH excluding ortho intramolecular Hbond substituents is 2. The van der Waals surface area contributed by atoms with Gasteiger partial charge in [-0.15, -0.1) is 0 Å². The van der Waals surface area contributed by atoms with Gasteiger partial charge in [0.25, 0.3) is 0 Å². The van der Waals surface area contributed by atoms with E-state index in [1.54, 1.807) is 50.2 Å². The Morgan fingerprint density at radius 2 is 0.950 bits per heavy atom. The summed E-state index contributed by atoms with van der Waals surface area (Å²) in [4.78, 5) is 54.3. The predicted octanol–water partition coefficient (Wildman–Crippen LogP) is 7.19. The fourth-order valence-corrected chi connectivity index (χ4v) is 9.75. The number of carbonyl (C=O) groups excluding carboxylic acids is 3. The second-order valence-electron chi connectivity index (χ2n) is 17.5. The number of halogens is 2. The van der Waals surface area contributed by atoms with Gasteiger partial charge in [0.15, 0.2) is 11.6 Å². The fraction of sp³-hybridized carbons (Fsp3) is 0.449. The number of carbonyl (C=O) groups is 3. The lowest BCUT2D eigenvalue weighted by Crippen LogP contribution is -2.56. The van der Waals surface area contributed by atoms with Gasteiger partial charge in [0.2, 0.25) is 0 Å². The van der Waals surface area contributed by atoms with Crippen molar-refractivity contribution < 1.29 is 33.4 Å². The highest BCUT2D eigenvalue weighted by Crippen LogP contribution is 2.47. The summed E-state index contributed by atoms with van der Waals surface area (Å²) in [7, 11) is 7.98. The molecule has 0 aromatic heterocycles. The minimum absolute atomic E-state index is 0.0575. The fourth-order valence-electron chi connectivity index (χ4n) is 9.75. The van der Waals surface area contributed by atoms with E-state index in [1.165, 1.54) is 36.4 Å². The summed E-state index contributed by atoms with van der Waals surface area (Å²) >= 11 is 0. The number of hydrogen-bond acceptors (Lipinski definition) is 9. The van der Waals surface area contributed by atoms with Gasteiger partial charge >= 0.3 is 0 Å². The molecule has 2 aliphatic rings. The minimum Gasteiger partial charge on any atom is -0.508 e. The maximum absolute atomic E-state index is 16.1. The monoisotopic (exact) mass is 822 g/mol. The number of ketones is 3. The molecule has 9 nitrogen and oxygen atoms in total. The lowest BCUT2D eigenvalue weighted by atomic mass is 9.62. The van der Waals surface area contributed by atoms with Crippen molar-refractivity contribution in [3.63, 3.8) is 0 Å². The molecule has 0 bridgehead atoms.